The molecule has 0 unspecified atom stereocenters. The molecule has 0 fully saturated rings. The summed E-state index contributed by atoms with van der Waals surface area (Å²) in [4.78, 5) is 12.4. The van der Waals surface area contributed by atoms with Gasteiger partial charge in [-0.3, -0.25) is 9.10 Å². The lowest BCUT2D eigenvalue weighted by Crippen LogP contribution is -2.37. The van der Waals surface area contributed by atoms with Gasteiger partial charge in [0.1, 0.15) is 18.9 Å². The number of benzene rings is 2. The topological polar surface area (TPSA) is 75.7 Å². The molecule has 0 bridgehead atoms. The molecule has 1 amide bonds. The highest BCUT2D eigenvalue weighted by Crippen LogP contribution is 2.21. The number of nitrogens with zero attached hydrogens (tertiary/aromatic N) is 1. The summed E-state index contributed by atoms with van der Waals surface area (Å²) in [5.74, 6) is 0.221. The molecule has 6 nitrogen and oxygen atoms in total. The van der Waals surface area contributed by atoms with E-state index in [4.69, 9.17) is 4.74 Å². The van der Waals surface area contributed by atoms with Gasteiger partial charge in [-0.05, 0) is 61.4 Å². The minimum absolute atomic E-state index is 0.309. The van der Waals surface area contributed by atoms with Gasteiger partial charge in [0.2, 0.25) is 15.9 Å². The summed E-state index contributed by atoms with van der Waals surface area (Å²) in [5.41, 5.74) is 3.02. The molecule has 1 N–H and O–H groups in total. The van der Waals surface area contributed by atoms with Gasteiger partial charge in [0.05, 0.1) is 11.9 Å². The quantitative estimate of drug-likeness (QED) is 0.704. The lowest BCUT2D eigenvalue weighted by atomic mass is 10.1. The molecule has 7 heteroatoms. The van der Waals surface area contributed by atoms with Crippen molar-refractivity contribution in [2.75, 3.05) is 29.0 Å². The molecule has 0 radical (unpaired) electrons. The lowest BCUT2D eigenvalue weighted by Gasteiger charge is -2.22. The Morgan fingerprint density at radius 1 is 1.15 bits per heavy atom. The molecule has 0 saturated heterocycles. The number of ether oxygens (including phenoxy) is 1. The van der Waals surface area contributed by atoms with Crippen LogP contribution in [0.4, 0.5) is 11.4 Å². The summed E-state index contributed by atoms with van der Waals surface area (Å²) in [6.07, 6.45) is 2.73. The van der Waals surface area contributed by atoms with Crippen molar-refractivity contribution in [1.29, 1.82) is 0 Å². The number of carbonyl (C=O) groups is 1. The van der Waals surface area contributed by atoms with Crippen LogP contribution in [0.3, 0.4) is 0 Å². The number of carbonyl (C=O) groups excluding carboxylic acids is 1. The van der Waals surface area contributed by atoms with Crippen molar-refractivity contribution in [2.24, 2.45) is 0 Å². The fourth-order valence-corrected chi connectivity index (χ4v) is 3.25. The van der Waals surface area contributed by atoms with E-state index < -0.39 is 15.9 Å². The van der Waals surface area contributed by atoms with Gasteiger partial charge in [-0.15, -0.1) is 0 Å². The Hall–Kier alpha value is -2.80. The van der Waals surface area contributed by atoms with Crippen LogP contribution in [-0.4, -0.2) is 33.7 Å². The van der Waals surface area contributed by atoms with Crippen molar-refractivity contribution < 1.29 is 17.9 Å². The van der Waals surface area contributed by atoms with Crippen LogP contribution in [-0.2, 0) is 14.8 Å². The third-order valence-corrected chi connectivity index (χ3v) is 5.11. The number of nitrogens with one attached hydrogen (secondary N) is 1. The van der Waals surface area contributed by atoms with Gasteiger partial charge in [0, 0.05) is 5.69 Å². The van der Waals surface area contributed by atoms with Crippen LogP contribution in [0.15, 0.2) is 55.1 Å². The molecule has 0 saturated carbocycles. The third kappa shape index (κ3) is 5.86. The Bertz CT molecular complexity index is 921. The van der Waals surface area contributed by atoms with Gasteiger partial charge in [0.15, 0.2) is 0 Å². The van der Waals surface area contributed by atoms with E-state index >= 15 is 0 Å². The number of amides is 1. The normalized spacial score (nSPS) is 10.9. The second-order valence-corrected chi connectivity index (χ2v) is 8.12. The summed E-state index contributed by atoms with van der Waals surface area (Å²) < 4.78 is 30.8. The van der Waals surface area contributed by atoms with Crippen molar-refractivity contribution >= 4 is 27.3 Å². The second kappa shape index (κ2) is 8.73. The van der Waals surface area contributed by atoms with Crippen molar-refractivity contribution in [1.82, 2.24) is 0 Å². The highest BCUT2D eigenvalue weighted by molar-refractivity contribution is 7.92. The van der Waals surface area contributed by atoms with Gasteiger partial charge in [-0.2, -0.15) is 0 Å². The number of aryl methyl sites for hydroxylation is 2. The van der Waals surface area contributed by atoms with Gasteiger partial charge < -0.3 is 10.1 Å². The SMILES string of the molecule is C=CCOc1ccc(NC(=O)CN(c2ccc(C)c(C)c2)S(C)(=O)=O)cc1. The molecule has 27 heavy (non-hydrogen) atoms. The van der Waals surface area contributed by atoms with Crippen LogP contribution in [0.5, 0.6) is 5.75 Å². The Morgan fingerprint density at radius 2 is 1.81 bits per heavy atom. The van der Waals surface area contributed by atoms with Crippen LogP contribution in [0.25, 0.3) is 0 Å². The number of anilines is 2. The molecule has 144 valence electrons. The standard InChI is InChI=1S/C20H24N2O4S/c1-5-12-26-19-10-7-17(8-11-19)21-20(23)14-22(27(4,24)25)18-9-6-15(2)16(3)13-18/h5-11,13H,1,12,14H2,2-4H3,(H,21,23). The van der Waals surface area contributed by atoms with Crippen LogP contribution < -0.4 is 14.4 Å². The first kappa shape index (κ1) is 20.5. The van der Waals surface area contributed by atoms with Gasteiger partial charge in [0.25, 0.3) is 0 Å². The monoisotopic (exact) mass is 388 g/mol. The van der Waals surface area contributed by atoms with Crippen LogP contribution in [0, 0.1) is 13.8 Å². The number of hydrogen-bond donors (Lipinski definition) is 1. The summed E-state index contributed by atoms with van der Waals surface area (Å²) in [6.45, 7) is 7.51. The first-order valence-electron chi connectivity index (χ1n) is 8.39. The summed E-state index contributed by atoms with van der Waals surface area (Å²) >= 11 is 0. The van der Waals surface area contributed by atoms with E-state index in [2.05, 4.69) is 11.9 Å². The predicted octanol–water partition coefficient (Wildman–Crippen LogP) is 3.27. The van der Waals surface area contributed by atoms with Crippen molar-refractivity contribution in [3.63, 3.8) is 0 Å². The van der Waals surface area contributed by atoms with Crippen LogP contribution in [0.1, 0.15) is 11.1 Å². The summed E-state index contributed by atoms with van der Waals surface area (Å²) in [7, 11) is -3.61. The molecular formula is C20H24N2O4S. The Labute approximate surface area is 160 Å². The molecule has 0 heterocycles. The Kier molecular flexibility index (Phi) is 6.63. The van der Waals surface area contributed by atoms with E-state index in [9.17, 15) is 13.2 Å². The maximum atomic E-state index is 12.4. The third-order valence-electron chi connectivity index (χ3n) is 3.97. The molecular weight excluding hydrogens is 364 g/mol. The Balaban J connectivity index is 2.12. The molecule has 0 atom stereocenters. The number of sulfonamides is 1. The molecule has 0 aromatic heterocycles. The van der Waals surface area contributed by atoms with Gasteiger partial charge in [-0.25, -0.2) is 8.42 Å². The first-order valence-corrected chi connectivity index (χ1v) is 10.2. The largest absolute Gasteiger partial charge is 0.490 e. The second-order valence-electron chi connectivity index (χ2n) is 6.21. The number of rotatable bonds is 8. The average molecular weight is 388 g/mol. The predicted molar refractivity (Wildman–Crippen MR) is 109 cm³/mol. The molecule has 0 aliphatic heterocycles. The molecule has 2 rings (SSSR count). The van der Waals surface area contributed by atoms with E-state index in [0.29, 0.717) is 23.7 Å². The van der Waals surface area contributed by atoms with E-state index in [-0.39, 0.29) is 6.54 Å². The van der Waals surface area contributed by atoms with Crippen LogP contribution in [0.2, 0.25) is 0 Å². The minimum atomic E-state index is -3.61. The fourth-order valence-electron chi connectivity index (χ4n) is 2.40. The average Bonchev–Trinajstić information content (AvgIpc) is 2.60. The van der Waals surface area contributed by atoms with E-state index in [1.165, 1.54) is 0 Å². The highest BCUT2D eigenvalue weighted by atomic mass is 32.2. The smallest absolute Gasteiger partial charge is 0.245 e. The zero-order valence-electron chi connectivity index (χ0n) is 15.7. The number of hydrogen-bond acceptors (Lipinski definition) is 4. The van der Waals surface area contributed by atoms with Gasteiger partial charge in [-0.1, -0.05) is 18.7 Å². The maximum Gasteiger partial charge on any atom is 0.245 e. The molecule has 0 aliphatic rings. The molecule has 2 aromatic carbocycles. The summed E-state index contributed by atoms with van der Waals surface area (Å²) in [6, 6.07) is 12.1. The molecule has 2 aromatic rings. The highest BCUT2D eigenvalue weighted by Gasteiger charge is 2.21. The molecule has 0 aliphatic carbocycles. The lowest BCUT2D eigenvalue weighted by molar-refractivity contribution is -0.114. The summed E-state index contributed by atoms with van der Waals surface area (Å²) in [5, 5.41) is 2.70. The van der Waals surface area contributed by atoms with Crippen LogP contribution >= 0.6 is 0 Å². The van der Waals surface area contributed by atoms with Crippen molar-refractivity contribution in [3.05, 3.63) is 66.2 Å². The van der Waals surface area contributed by atoms with Gasteiger partial charge >= 0.3 is 0 Å². The fraction of sp³-hybridized carbons (Fsp3) is 0.250. The zero-order valence-corrected chi connectivity index (χ0v) is 16.5. The first-order chi connectivity index (χ1) is 12.7. The zero-order chi connectivity index (χ0) is 20.0. The maximum absolute atomic E-state index is 12.4. The van der Waals surface area contributed by atoms with Crippen molar-refractivity contribution in [2.45, 2.75) is 13.8 Å². The van der Waals surface area contributed by atoms with E-state index in [0.717, 1.165) is 21.7 Å². The van der Waals surface area contributed by atoms with E-state index in [1.54, 1.807) is 42.5 Å². The Morgan fingerprint density at radius 3 is 2.37 bits per heavy atom. The molecule has 0 spiro atoms. The minimum Gasteiger partial charge on any atom is -0.490 e. The van der Waals surface area contributed by atoms with E-state index in [1.807, 2.05) is 19.9 Å². The van der Waals surface area contributed by atoms with Crippen molar-refractivity contribution in [3.8, 4) is 5.75 Å².